The van der Waals surface area contributed by atoms with Crippen molar-refractivity contribution < 1.29 is 13.2 Å². The summed E-state index contributed by atoms with van der Waals surface area (Å²) in [5.74, 6) is 0.290. The Kier molecular flexibility index (Phi) is 5.15. The molecule has 2 heterocycles. The molecule has 0 saturated carbocycles. The van der Waals surface area contributed by atoms with E-state index in [0.29, 0.717) is 30.4 Å². The number of carbonyl (C=O) groups excluding carboxylic acids is 1. The highest BCUT2D eigenvalue weighted by molar-refractivity contribution is 7.89. The third kappa shape index (κ3) is 3.74. The molecule has 0 radical (unpaired) electrons. The van der Waals surface area contributed by atoms with Crippen LogP contribution in [-0.2, 0) is 21.9 Å². The zero-order valence-electron chi connectivity index (χ0n) is 14.5. The van der Waals surface area contributed by atoms with Gasteiger partial charge in [0, 0.05) is 20.1 Å². The van der Waals surface area contributed by atoms with Gasteiger partial charge in [-0.25, -0.2) is 8.42 Å². The zero-order chi connectivity index (χ0) is 17.4. The van der Waals surface area contributed by atoms with Crippen LogP contribution >= 0.6 is 0 Å². The molecule has 0 bridgehead atoms. The van der Waals surface area contributed by atoms with Gasteiger partial charge >= 0.3 is 0 Å². The third-order valence-corrected chi connectivity index (χ3v) is 6.17. The van der Waals surface area contributed by atoms with Crippen LogP contribution in [0.4, 0.5) is 0 Å². The molecule has 2 unspecified atom stereocenters. The summed E-state index contributed by atoms with van der Waals surface area (Å²) in [6, 6.07) is -0.788. The van der Waals surface area contributed by atoms with Crippen molar-refractivity contribution in [3.63, 3.8) is 0 Å². The van der Waals surface area contributed by atoms with Crippen molar-refractivity contribution in [1.82, 2.24) is 19.4 Å². The molecule has 1 fully saturated rings. The highest BCUT2D eigenvalue weighted by Crippen LogP contribution is 2.20. The van der Waals surface area contributed by atoms with Crippen molar-refractivity contribution >= 4 is 15.9 Å². The van der Waals surface area contributed by atoms with E-state index in [9.17, 15) is 13.2 Å². The first-order chi connectivity index (χ1) is 10.6. The molecule has 2 atom stereocenters. The summed E-state index contributed by atoms with van der Waals surface area (Å²) >= 11 is 0. The summed E-state index contributed by atoms with van der Waals surface area (Å²) in [5, 5.41) is 4.13. The number of aryl methyl sites for hydroxylation is 2. The van der Waals surface area contributed by atoms with E-state index in [1.165, 1.54) is 4.68 Å². The van der Waals surface area contributed by atoms with E-state index >= 15 is 0 Å². The normalized spacial score (nSPS) is 20.6. The van der Waals surface area contributed by atoms with Gasteiger partial charge in [-0.3, -0.25) is 9.48 Å². The Hall–Kier alpha value is -1.41. The van der Waals surface area contributed by atoms with Crippen LogP contribution in [0.2, 0.25) is 0 Å². The minimum atomic E-state index is -3.78. The summed E-state index contributed by atoms with van der Waals surface area (Å²) < 4.78 is 29.3. The topological polar surface area (TPSA) is 84.3 Å². The molecule has 2 rings (SSSR count). The molecule has 7 nitrogen and oxygen atoms in total. The van der Waals surface area contributed by atoms with Crippen LogP contribution < -0.4 is 4.72 Å². The number of hydrogen-bond acceptors (Lipinski definition) is 4. The molecule has 1 aliphatic rings. The molecule has 0 aliphatic carbocycles. The SMILES string of the molecule is Cc1nn(C)c(C)c1S(=O)(=O)NC(C)C(=O)N1CCCC(C)C1. The van der Waals surface area contributed by atoms with Crippen molar-refractivity contribution in [3.8, 4) is 0 Å². The number of nitrogens with one attached hydrogen (secondary N) is 1. The lowest BCUT2D eigenvalue weighted by Crippen LogP contribution is -2.49. The second-order valence-corrected chi connectivity index (χ2v) is 8.15. The van der Waals surface area contributed by atoms with Crippen molar-refractivity contribution in [2.24, 2.45) is 13.0 Å². The number of aromatic nitrogens is 2. The molecule has 0 spiro atoms. The fourth-order valence-corrected chi connectivity index (χ4v) is 4.78. The number of sulfonamides is 1. The number of likely N-dealkylation sites (tertiary alicyclic amines) is 1. The maximum atomic E-state index is 12.6. The maximum absolute atomic E-state index is 12.6. The molecule has 130 valence electrons. The first-order valence-electron chi connectivity index (χ1n) is 7.94. The minimum absolute atomic E-state index is 0.159. The first kappa shape index (κ1) is 17.9. The van der Waals surface area contributed by atoms with Crippen LogP contribution in [0.25, 0.3) is 0 Å². The Bertz CT molecular complexity index is 696. The smallest absolute Gasteiger partial charge is 0.244 e. The Morgan fingerprint density at radius 3 is 2.57 bits per heavy atom. The van der Waals surface area contributed by atoms with Crippen molar-refractivity contribution in [2.45, 2.75) is 51.5 Å². The summed E-state index contributed by atoms with van der Waals surface area (Å²) in [4.78, 5) is 14.4. The number of amides is 1. The van der Waals surface area contributed by atoms with Crippen LogP contribution in [0.1, 0.15) is 38.1 Å². The summed E-state index contributed by atoms with van der Waals surface area (Å²) in [6.07, 6.45) is 2.07. The average molecular weight is 342 g/mol. The van der Waals surface area contributed by atoms with Gasteiger partial charge in [-0.15, -0.1) is 0 Å². The predicted molar refractivity (Wildman–Crippen MR) is 87.4 cm³/mol. The molecular weight excluding hydrogens is 316 g/mol. The van der Waals surface area contributed by atoms with Crippen LogP contribution in [0.15, 0.2) is 4.90 Å². The highest BCUT2D eigenvalue weighted by Gasteiger charge is 2.31. The Morgan fingerprint density at radius 1 is 1.39 bits per heavy atom. The molecule has 1 aromatic heterocycles. The molecule has 1 aromatic rings. The third-order valence-electron chi connectivity index (χ3n) is 4.38. The van der Waals surface area contributed by atoms with Crippen LogP contribution in [0.5, 0.6) is 0 Å². The number of nitrogens with zero attached hydrogens (tertiary/aromatic N) is 3. The molecule has 0 aromatic carbocycles. The van der Waals surface area contributed by atoms with Gasteiger partial charge in [0.2, 0.25) is 15.9 Å². The van der Waals surface area contributed by atoms with E-state index in [-0.39, 0.29) is 10.8 Å². The van der Waals surface area contributed by atoms with Gasteiger partial charge in [-0.05, 0) is 39.5 Å². The Labute approximate surface area is 138 Å². The summed E-state index contributed by atoms with van der Waals surface area (Å²) in [5.41, 5.74) is 0.991. The Morgan fingerprint density at radius 2 is 2.04 bits per heavy atom. The minimum Gasteiger partial charge on any atom is -0.341 e. The van der Waals surface area contributed by atoms with Gasteiger partial charge in [0.05, 0.1) is 17.4 Å². The van der Waals surface area contributed by atoms with E-state index in [1.807, 2.05) is 0 Å². The number of piperidine rings is 1. The van der Waals surface area contributed by atoms with Gasteiger partial charge in [-0.2, -0.15) is 9.82 Å². The molecular formula is C15H26N4O3S. The van der Waals surface area contributed by atoms with Crippen molar-refractivity contribution in [1.29, 1.82) is 0 Å². The van der Waals surface area contributed by atoms with Gasteiger partial charge < -0.3 is 4.90 Å². The standard InChI is InChI=1S/C15H26N4O3S/c1-10-7-6-8-19(9-10)15(20)12(3)17-23(21,22)14-11(2)16-18(5)13(14)4/h10,12,17H,6-9H2,1-5H3. The number of hydrogen-bond donors (Lipinski definition) is 1. The van der Waals surface area contributed by atoms with Gasteiger partial charge in [0.15, 0.2) is 0 Å². The maximum Gasteiger partial charge on any atom is 0.244 e. The van der Waals surface area contributed by atoms with Crippen LogP contribution in [-0.4, -0.2) is 48.1 Å². The van der Waals surface area contributed by atoms with Crippen molar-refractivity contribution in [3.05, 3.63) is 11.4 Å². The summed E-state index contributed by atoms with van der Waals surface area (Å²) in [7, 11) is -2.08. The molecule has 1 saturated heterocycles. The second-order valence-electron chi connectivity index (χ2n) is 6.50. The fraction of sp³-hybridized carbons (Fsp3) is 0.733. The van der Waals surface area contributed by atoms with E-state index < -0.39 is 16.1 Å². The van der Waals surface area contributed by atoms with E-state index in [4.69, 9.17) is 0 Å². The summed E-state index contributed by atoms with van der Waals surface area (Å²) in [6.45, 7) is 8.45. The van der Waals surface area contributed by atoms with E-state index in [1.54, 1.807) is 32.7 Å². The monoisotopic (exact) mass is 342 g/mol. The highest BCUT2D eigenvalue weighted by atomic mass is 32.2. The molecule has 1 aliphatic heterocycles. The average Bonchev–Trinajstić information content (AvgIpc) is 2.71. The lowest BCUT2D eigenvalue weighted by molar-refractivity contribution is -0.134. The number of rotatable bonds is 4. The zero-order valence-corrected chi connectivity index (χ0v) is 15.3. The van der Waals surface area contributed by atoms with Crippen molar-refractivity contribution in [2.75, 3.05) is 13.1 Å². The van der Waals surface area contributed by atoms with E-state index in [0.717, 1.165) is 12.8 Å². The first-order valence-corrected chi connectivity index (χ1v) is 9.43. The molecule has 8 heteroatoms. The largest absolute Gasteiger partial charge is 0.341 e. The van der Waals surface area contributed by atoms with E-state index in [2.05, 4.69) is 16.7 Å². The lowest BCUT2D eigenvalue weighted by Gasteiger charge is -2.32. The van der Waals surface area contributed by atoms with Crippen LogP contribution in [0, 0.1) is 19.8 Å². The fourth-order valence-electron chi connectivity index (χ4n) is 3.15. The molecule has 1 amide bonds. The second kappa shape index (κ2) is 6.60. The molecule has 1 N–H and O–H groups in total. The number of carbonyl (C=O) groups is 1. The quantitative estimate of drug-likeness (QED) is 0.883. The van der Waals surface area contributed by atoms with Gasteiger partial charge in [-0.1, -0.05) is 6.92 Å². The molecule has 23 heavy (non-hydrogen) atoms. The lowest BCUT2D eigenvalue weighted by atomic mass is 10.00. The Balaban J connectivity index is 2.15. The van der Waals surface area contributed by atoms with Crippen LogP contribution in [0.3, 0.4) is 0 Å². The van der Waals surface area contributed by atoms with Gasteiger partial charge in [0.1, 0.15) is 4.90 Å². The predicted octanol–water partition coefficient (Wildman–Crippen LogP) is 0.962. The van der Waals surface area contributed by atoms with Gasteiger partial charge in [0.25, 0.3) is 0 Å².